The standard InChI is InChI=1S/C4H11O2P/c1-4(7,2-5)3-6/h5-6H,2-3,7H2,1H3. The highest BCUT2D eigenvalue weighted by atomic mass is 31.0. The molecule has 0 aromatic heterocycles. The predicted molar refractivity (Wildman–Crippen MR) is 32.3 cm³/mol. The highest BCUT2D eigenvalue weighted by Gasteiger charge is 2.13. The van der Waals surface area contributed by atoms with Crippen molar-refractivity contribution in [2.24, 2.45) is 0 Å². The van der Waals surface area contributed by atoms with E-state index in [4.69, 9.17) is 10.2 Å². The van der Waals surface area contributed by atoms with E-state index in [1.165, 1.54) is 0 Å². The fourth-order valence-electron chi connectivity index (χ4n) is 0.0500. The fourth-order valence-corrected chi connectivity index (χ4v) is 0.0500. The van der Waals surface area contributed by atoms with Gasteiger partial charge in [-0.25, -0.2) is 0 Å². The lowest BCUT2D eigenvalue weighted by Gasteiger charge is -2.16. The lowest BCUT2D eigenvalue weighted by atomic mass is 10.2. The van der Waals surface area contributed by atoms with Gasteiger partial charge in [0, 0.05) is 5.16 Å². The number of hydrogen-bond acceptors (Lipinski definition) is 2. The Morgan fingerprint density at radius 3 is 1.71 bits per heavy atom. The van der Waals surface area contributed by atoms with Gasteiger partial charge < -0.3 is 10.2 Å². The van der Waals surface area contributed by atoms with Gasteiger partial charge in [0.1, 0.15) is 0 Å². The average Bonchev–Trinajstić information content (AvgIpc) is 1.68. The number of rotatable bonds is 2. The molecule has 0 aromatic rings. The zero-order chi connectivity index (χ0) is 5.91. The summed E-state index contributed by atoms with van der Waals surface area (Å²) in [6.07, 6.45) is 0. The van der Waals surface area contributed by atoms with Gasteiger partial charge in [-0.2, -0.15) is 0 Å². The summed E-state index contributed by atoms with van der Waals surface area (Å²) in [6.45, 7) is 1.78. The van der Waals surface area contributed by atoms with E-state index in [2.05, 4.69) is 9.24 Å². The molecule has 0 spiro atoms. The van der Waals surface area contributed by atoms with E-state index < -0.39 is 0 Å². The third-order valence-electron chi connectivity index (χ3n) is 0.722. The van der Waals surface area contributed by atoms with Gasteiger partial charge in [0.25, 0.3) is 0 Å². The van der Waals surface area contributed by atoms with Crippen molar-refractivity contribution in [3.05, 3.63) is 0 Å². The van der Waals surface area contributed by atoms with E-state index in [1.807, 2.05) is 0 Å². The lowest BCUT2D eigenvalue weighted by Crippen LogP contribution is -2.25. The van der Waals surface area contributed by atoms with Crippen molar-refractivity contribution in [3.8, 4) is 0 Å². The zero-order valence-electron chi connectivity index (χ0n) is 4.39. The maximum atomic E-state index is 8.41. The summed E-state index contributed by atoms with van der Waals surface area (Å²) in [4.78, 5) is 0. The summed E-state index contributed by atoms with van der Waals surface area (Å²) < 4.78 is 0. The summed E-state index contributed by atoms with van der Waals surface area (Å²) in [7, 11) is 2.37. The molecule has 0 aliphatic carbocycles. The van der Waals surface area contributed by atoms with Gasteiger partial charge in [-0.3, -0.25) is 0 Å². The van der Waals surface area contributed by atoms with Crippen molar-refractivity contribution in [2.75, 3.05) is 13.2 Å². The Hall–Kier alpha value is 0.350. The van der Waals surface area contributed by atoms with Crippen LogP contribution in [0.25, 0.3) is 0 Å². The van der Waals surface area contributed by atoms with E-state index >= 15 is 0 Å². The van der Waals surface area contributed by atoms with E-state index in [0.29, 0.717) is 0 Å². The first-order valence-electron chi connectivity index (χ1n) is 2.13. The molecule has 0 heterocycles. The summed E-state index contributed by atoms with van der Waals surface area (Å²) in [5.41, 5.74) is 0. The first-order valence-corrected chi connectivity index (χ1v) is 2.71. The summed E-state index contributed by atoms with van der Waals surface area (Å²) in [5.74, 6) is 0. The van der Waals surface area contributed by atoms with Gasteiger partial charge in [0.15, 0.2) is 0 Å². The van der Waals surface area contributed by atoms with Crippen LogP contribution in [0.5, 0.6) is 0 Å². The van der Waals surface area contributed by atoms with Crippen LogP contribution >= 0.6 is 9.24 Å². The van der Waals surface area contributed by atoms with Crippen LogP contribution in [0, 0.1) is 0 Å². The van der Waals surface area contributed by atoms with E-state index in [1.54, 1.807) is 6.92 Å². The van der Waals surface area contributed by atoms with Crippen molar-refractivity contribution < 1.29 is 10.2 Å². The molecule has 44 valence electrons. The van der Waals surface area contributed by atoms with Gasteiger partial charge >= 0.3 is 0 Å². The quantitative estimate of drug-likeness (QED) is 0.489. The molecule has 0 aromatic carbocycles. The predicted octanol–water partition coefficient (Wildman–Crippen LogP) is -0.395. The van der Waals surface area contributed by atoms with Gasteiger partial charge in [0.2, 0.25) is 0 Å². The minimum atomic E-state index is -0.389. The minimum Gasteiger partial charge on any atom is -0.395 e. The Bertz CT molecular complexity index is 47.7. The maximum absolute atomic E-state index is 8.41. The van der Waals surface area contributed by atoms with Crippen LogP contribution in [-0.2, 0) is 0 Å². The molecule has 0 aliphatic heterocycles. The summed E-state index contributed by atoms with van der Waals surface area (Å²) in [5, 5.41) is 16.4. The van der Waals surface area contributed by atoms with Crippen LogP contribution in [0.15, 0.2) is 0 Å². The second-order valence-electron chi connectivity index (χ2n) is 1.97. The molecule has 0 aliphatic rings. The fraction of sp³-hybridized carbons (Fsp3) is 1.00. The van der Waals surface area contributed by atoms with Crippen LogP contribution in [-0.4, -0.2) is 28.6 Å². The number of aliphatic hydroxyl groups is 2. The molecule has 0 saturated carbocycles. The Morgan fingerprint density at radius 1 is 1.43 bits per heavy atom. The van der Waals surface area contributed by atoms with Crippen molar-refractivity contribution in [3.63, 3.8) is 0 Å². The first kappa shape index (κ1) is 7.35. The normalized spacial score (nSPS) is 12.0. The highest BCUT2D eigenvalue weighted by molar-refractivity contribution is 7.19. The molecule has 0 radical (unpaired) electrons. The molecule has 0 bridgehead atoms. The topological polar surface area (TPSA) is 40.5 Å². The Labute approximate surface area is 45.8 Å². The second-order valence-corrected chi connectivity index (χ2v) is 3.36. The molecule has 0 saturated heterocycles. The van der Waals surface area contributed by atoms with Crippen molar-refractivity contribution in [2.45, 2.75) is 12.1 Å². The highest BCUT2D eigenvalue weighted by Crippen LogP contribution is 2.13. The van der Waals surface area contributed by atoms with Gasteiger partial charge in [-0.05, 0) is 0 Å². The molecular weight excluding hydrogens is 111 g/mol. The molecule has 0 amide bonds. The van der Waals surface area contributed by atoms with Gasteiger partial charge in [-0.1, -0.05) is 6.92 Å². The van der Waals surface area contributed by atoms with Gasteiger partial charge in [-0.15, -0.1) is 9.24 Å². The van der Waals surface area contributed by atoms with E-state index in [9.17, 15) is 0 Å². The van der Waals surface area contributed by atoms with Crippen LogP contribution < -0.4 is 0 Å². The monoisotopic (exact) mass is 122 g/mol. The van der Waals surface area contributed by atoms with Crippen molar-refractivity contribution >= 4 is 9.24 Å². The third kappa shape index (κ3) is 2.98. The lowest BCUT2D eigenvalue weighted by molar-refractivity contribution is 0.182. The summed E-state index contributed by atoms with van der Waals surface area (Å²) >= 11 is 0. The molecule has 7 heavy (non-hydrogen) atoms. The van der Waals surface area contributed by atoms with Crippen molar-refractivity contribution in [1.29, 1.82) is 0 Å². The summed E-state index contributed by atoms with van der Waals surface area (Å²) in [6, 6.07) is 0. The first-order chi connectivity index (χ1) is 3.12. The third-order valence-corrected chi connectivity index (χ3v) is 1.09. The van der Waals surface area contributed by atoms with Crippen LogP contribution in [0.2, 0.25) is 0 Å². The smallest absolute Gasteiger partial charge is 0.0541 e. The largest absolute Gasteiger partial charge is 0.395 e. The average molecular weight is 122 g/mol. The molecular formula is C4H11O2P. The van der Waals surface area contributed by atoms with Crippen LogP contribution in [0.3, 0.4) is 0 Å². The van der Waals surface area contributed by atoms with Crippen molar-refractivity contribution in [1.82, 2.24) is 0 Å². The second kappa shape index (κ2) is 2.61. The molecule has 0 fully saturated rings. The Kier molecular flexibility index (Phi) is 2.74. The Morgan fingerprint density at radius 2 is 1.71 bits per heavy atom. The van der Waals surface area contributed by atoms with E-state index in [0.717, 1.165) is 0 Å². The molecule has 1 atom stereocenters. The maximum Gasteiger partial charge on any atom is 0.0541 e. The molecule has 1 unspecified atom stereocenters. The minimum absolute atomic E-state index is 0.00810. The molecule has 2 nitrogen and oxygen atoms in total. The number of hydrogen-bond donors (Lipinski definition) is 2. The Balaban J connectivity index is 3.36. The van der Waals surface area contributed by atoms with Gasteiger partial charge in [0.05, 0.1) is 13.2 Å². The zero-order valence-corrected chi connectivity index (χ0v) is 5.54. The number of aliphatic hydroxyl groups excluding tert-OH is 2. The molecule has 2 N–H and O–H groups in total. The molecule has 3 heteroatoms. The van der Waals surface area contributed by atoms with Crippen LogP contribution in [0.1, 0.15) is 6.92 Å². The van der Waals surface area contributed by atoms with E-state index in [-0.39, 0.29) is 18.4 Å². The van der Waals surface area contributed by atoms with Crippen LogP contribution in [0.4, 0.5) is 0 Å². The SMILES string of the molecule is CC(P)(CO)CO. The molecule has 0 rings (SSSR count).